The highest BCUT2D eigenvalue weighted by molar-refractivity contribution is 7.22. The number of anilines is 1. The molecule has 1 amide bonds. The normalized spacial score (nSPS) is 11.2. The lowest BCUT2D eigenvalue weighted by Gasteiger charge is -2.01. The second-order valence-corrected chi connectivity index (χ2v) is 6.34. The highest BCUT2D eigenvalue weighted by atomic mass is 32.1. The molecular weight excluding hydrogens is 326 g/mol. The smallest absolute Gasteiger partial charge is 0.257 e. The van der Waals surface area contributed by atoms with Gasteiger partial charge in [0, 0.05) is 5.56 Å². The van der Waals surface area contributed by atoms with Gasteiger partial charge in [-0.2, -0.15) is 0 Å². The van der Waals surface area contributed by atoms with Crippen LogP contribution in [0.1, 0.15) is 22.8 Å². The van der Waals surface area contributed by atoms with Gasteiger partial charge in [0.2, 0.25) is 0 Å². The van der Waals surface area contributed by atoms with Gasteiger partial charge in [-0.05, 0) is 47.5 Å². The number of nitrogens with zero attached hydrogens (tertiary/aromatic N) is 4. The van der Waals surface area contributed by atoms with Crippen molar-refractivity contribution in [2.24, 2.45) is 0 Å². The highest BCUT2D eigenvalue weighted by Crippen LogP contribution is 2.27. The fourth-order valence-corrected chi connectivity index (χ4v) is 3.38. The minimum absolute atomic E-state index is 0.298. The Morgan fingerprint density at radius 1 is 1.25 bits per heavy atom. The Bertz CT molecular complexity index is 1070. The van der Waals surface area contributed by atoms with Gasteiger partial charge < -0.3 is 5.21 Å². The highest BCUT2D eigenvalue weighted by Gasteiger charge is 2.13. The van der Waals surface area contributed by atoms with Gasteiger partial charge in [-0.25, -0.2) is 4.98 Å². The topological polar surface area (TPSA) is 92.9 Å². The largest absolute Gasteiger partial charge is 0.410 e. The molecule has 2 aromatic carbocycles. The predicted molar refractivity (Wildman–Crippen MR) is 91.7 cm³/mol. The predicted octanol–water partition coefficient (Wildman–Crippen LogP) is 3.09. The maximum Gasteiger partial charge on any atom is 0.257 e. The number of benzene rings is 2. The molecule has 0 saturated heterocycles. The molecule has 0 aliphatic rings. The van der Waals surface area contributed by atoms with E-state index < -0.39 is 0 Å². The van der Waals surface area contributed by atoms with E-state index in [9.17, 15) is 10.0 Å². The quantitative estimate of drug-likeness (QED) is 0.560. The summed E-state index contributed by atoms with van der Waals surface area (Å²) >= 11 is 1.44. The first kappa shape index (κ1) is 14.6. The molecule has 0 aliphatic carbocycles. The van der Waals surface area contributed by atoms with Gasteiger partial charge in [0.25, 0.3) is 5.91 Å². The van der Waals surface area contributed by atoms with Crippen LogP contribution in [0.2, 0.25) is 0 Å². The summed E-state index contributed by atoms with van der Waals surface area (Å²) in [5.41, 5.74) is 3.38. The first-order valence-corrected chi connectivity index (χ1v) is 8.21. The van der Waals surface area contributed by atoms with Crippen molar-refractivity contribution in [2.75, 3.05) is 5.32 Å². The van der Waals surface area contributed by atoms with E-state index in [2.05, 4.69) is 33.6 Å². The Kier molecular flexibility index (Phi) is 3.39. The number of nitrogens with one attached hydrogen (secondary N) is 1. The Morgan fingerprint density at radius 2 is 2.08 bits per heavy atom. The average Bonchev–Trinajstić information content (AvgIpc) is 3.16. The van der Waals surface area contributed by atoms with Gasteiger partial charge in [-0.3, -0.25) is 10.1 Å². The molecule has 2 heterocycles. The van der Waals surface area contributed by atoms with E-state index in [1.807, 2.05) is 12.1 Å². The van der Waals surface area contributed by atoms with Gasteiger partial charge in [0.1, 0.15) is 11.0 Å². The minimum atomic E-state index is -0.298. The number of fused-ring (bicyclic) bond motifs is 2. The van der Waals surface area contributed by atoms with Crippen LogP contribution in [0, 0.1) is 0 Å². The molecule has 0 saturated carbocycles. The van der Waals surface area contributed by atoms with Crippen LogP contribution in [0.3, 0.4) is 0 Å². The van der Waals surface area contributed by atoms with Gasteiger partial charge in [0.05, 0.1) is 10.2 Å². The van der Waals surface area contributed by atoms with Crippen molar-refractivity contribution < 1.29 is 10.0 Å². The molecule has 8 heteroatoms. The third kappa shape index (κ3) is 2.46. The zero-order chi connectivity index (χ0) is 16.7. The van der Waals surface area contributed by atoms with E-state index in [0.29, 0.717) is 26.6 Å². The number of carbonyl (C=O) groups is 1. The summed E-state index contributed by atoms with van der Waals surface area (Å²) in [7, 11) is 0. The summed E-state index contributed by atoms with van der Waals surface area (Å²) in [5.74, 6) is -0.298. The van der Waals surface area contributed by atoms with Crippen LogP contribution in [-0.2, 0) is 6.42 Å². The first-order valence-electron chi connectivity index (χ1n) is 7.39. The van der Waals surface area contributed by atoms with Crippen LogP contribution >= 0.6 is 11.3 Å². The number of aromatic nitrogens is 4. The van der Waals surface area contributed by atoms with Crippen LogP contribution in [0.4, 0.5) is 5.13 Å². The van der Waals surface area contributed by atoms with Crippen molar-refractivity contribution in [2.45, 2.75) is 13.3 Å². The van der Waals surface area contributed by atoms with Crippen molar-refractivity contribution in [1.29, 1.82) is 0 Å². The van der Waals surface area contributed by atoms with Crippen molar-refractivity contribution in [3.05, 3.63) is 47.5 Å². The summed E-state index contributed by atoms with van der Waals surface area (Å²) in [6.45, 7) is 2.10. The summed E-state index contributed by atoms with van der Waals surface area (Å²) in [6.07, 6.45) is 0.957. The maximum atomic E-state index is 12.4. The second kappa shape index (κ2) is 5.57. The van der Waals surface area contributed by atoms with Gasteiger partial charge in [0.15, 0.2) is 5.13 Å². The number of aryl methyl sites for hydroxylation is 1. The Balaban J connectivity index is 1.63. The number of thiazole rings is 1. The van der Waals surface area contributed by atoms with Crippen molar-refractivity contribution in [3.8, 4) is 0 Å². The van der Waals surface area contributed by atoms with Crippen LogP contribution in [-0.4, -0.2) is 31.3 Å². The fourth-order valence-electron chi connectivity index (χ4n) is 2.46. The van der Waals surface area contributed by atoms with E-state index in [1.165, 1.54) is 23.0 Å². The van der Waals surface area contributed by atoms with Crippen molar-refractivity contribution >= 4 is 43.6 Å². The summed E-state index contributed by atoms with van der Waals surface area (Å²) in [5, 5.41) is 20.2. The van der Waals surface area contributed by atoms with Crippen molar-refractivity contribution in [1.82, 2.24) is 20.1 Å². The molecule has 0 aliphatic heterocycles. The summed E-state index contributed by atoms with van der Waals surface area (Å²) in [6, 6.07) is 10.9. The third-order valence-corrected chi connectivity index (χ3v) is 4.71. The van der Waals surface area contributed by atoms with E-state index in [0.717, 1.165) is 16.6 Å². The molecule has 0 bridgehead atoms. The molecule has 24 heavy (non-hydrogen) atoms. The van der Waals surface area contributed by atoms with Crippen LogP contribution in [0.25, 0.3) is 21.3 Å². The van der Waals surface area contributed by atoms with Gasteiger partial charge >= 0.3 is 0 Å². The number of carbonyl (C=O) groups excluding carboxylic acids is 1. The van der Waals surface area contributed by atoms with Crippen LogP contribution in [0.15, 0.2) is 36.4 Å². The van der Waals surface area contributed by atoms with E-state index in [-0.39, 0.29) is 5.91 Å². The molecule has 2 N–H and O–H groups in total. The molecule has 4 rings (SSSR count). The lowest BCUT2D eigenvalue weighted by atomic mass is 10.2. The molecular formula is C16H13N5O2S. The molecule has 0 atom stereocenters. The SMILES string of the molecule is CCc1ccc2nc(NC(=O)c3ccc4nnn(O)c4c3)sc2c1. The van der Waals surface area contributed by atoms with Gasteiger partial charge in [-0.1, -0.05) is 29.2 Å². The number of hydrogen-bond donors (Lipinski definition) is 2. The molecule has 0 unspecified atom stereocenters. The first-order chi connectivity index (χ1) is 11.6. The average molecular weight is 339 g/mol. The molecule has 7 nitrogen and oxygen atoms in total. The number of hydrogen-bond acceptors (Lipinski definition) is 6. The molecule has 0 radical (unpaired) electrons. The minimum Gasteiger partial charge on any atom is -0.410 e. The van der Waals surface area contributed by atoms with Gasteiger partial charge in [-0.15, -0.1) is 5.10 Å². The summed E-state index contributed by atoms with van der Waals surface area (Å²) in [4.78, 5) is 17.5. The maximum absolute atomic E-state index is 12.4. The standard InChI is InChI=1S/C16H13N5O2S/c1-2-9-3-5-12-14(7-9)24-16(17-12)18-15(22)10-4-6-11-13(8-10)21(23)20-19-11/h3-8,23H,2H2,1H3,(H,17,18,22). The molecule has 2 aromatic heterocycles. The Morgan fingerprint density at radius 3 is 2.92 bits per heavy atom. The van der Waals surface area contributed by atoms with Crippen LogP contribution < -0.4 is 5.32 Å². The Hall–Kier alpha value is -3.00. The van der Waals surface area contributed by atoms with Crippen LogP contribution in [0.5, 0.6) is 0 Å². The Labute approximate surface area is 140 Å². The monoisotopic (exact) mass is 339 g/mol. The van der Waals surface area contributed by atoms with E-state index in [1.54, 1.807) is 12.1 Å². The lowest BCUT2D eigenvalue weighted by molar-refractivity contribution is 0.102. The van der Waals surface area contributed by atoms with Crippen molar-refractivity contribution in [3.63, 3.8) is 0 Å². The third-order valence-electron chi connectivity index (χ3n) is 3.77. The van der Waals surface area contributed by atoms with E-state index in [4.69, 9.17) is 0 Å². The number of amides is 1. The molecule has 0 spiro atoms. The zero-order valence-corrected chi connectivity index (χ0v) is 13.5. The number of rotatable bonds is 3. The molecule has 4 aromatic rings. The molecule has 120 valence electrons. The molecule has 0 fully saturated rings. The van der Waals surface area contributed by atoms with E-state index >= 15 is 0 Å². The second-order valence-electron chi connectivity index (χ2n) is 5.31. The fraction of sp³-hybridized carbons (Fsp3) is 0.125. The summed E-state index contributed by atoms with van der Waals surface area (Å²) < 4.78 is 1.04. The zero-order valence-electron chi connectivity index (χ0n) is 12.7. The lowest BCUT2D eigenvalue weighted by Crippen LogP contribution is -2.11.